The molecule has 3 N–H and O–H groups in total. The van der Waals surface area contributed by atoms with Crippen molar-refractivity contribution in [3.63, 3.8) is 0 Å². The number of nitrogens with one attached hydrogen (secondary N) is 1. The molecule has 0 aliphatic rings. The molecule has 0 aromatic heterocycles. The number of anilines is 3. The van der Waals surface area contributed by atoms with Crippen LogP contribution in [0.3, 0.4) is 0 Å². The number of benzene rings is 3. The normalized spacial score (nSPS) is 10.7. The Bertz CT molecular complexity index is 787. The van der Waals surface area contributed by atoms with Gasteiger partial charge >= 0.3 is 0 Å². The van der Waals surface area contributed by atoms with Gasteiger partial charge in [0.25, 0.3) is 0 Å². The summed E-state index contributed by atoms with van der Waals surface area (Å²) in [6.45, 7) is 0. The van der Waals surface area contributed by atoms with Gasteiger partial charge in [-0.15, -0.1) is 0 Å². The topological polar surface area (TPSA) is 38.0 Å². The van der Waals surface area contributed by atoms with Crippen LogP contribution in [-0.2, 0) is 0 Å². The fraction of sp³-hybridized carbons (Fsp3) is 0. The molecular formula is C16H12BrFN2. The minimum atomic E-state index is -0.417. The molecule has 4 heteroatoms. The lowest BCUT2D eigenvalue weighted by atomic mass is 10.1. The van der Waals surface area contributed by atoms with E-state index >= 15 is 0 Å². The average Bonchev–Trinajstić information content (AvgIpc) is 2.44. The fourth-order valence-corrected chi connectivity index (χ4v) is 2.47. The molecule has 100 valence electrons. The van der Waals surface area contributed by atoms with Crippen LogP contribution in [-0.4, -0.2) is 0 Å². The van der Waals surface area contributed by atoms with Crippen molar-refractivity contribution in [1.29, 1.82) is 0 Å². The number of halogens is 2. The van der Waals surface area contributed by atoms with E-state index in [1.54, 1.807) is 12.1 Å². The van der Waals surface area contributed by atoms with Crippen molar-refractivity contribution in [2.45, 2.75) is 0 Å². The van der Waals surface area contributed by atoms with E-state index < -0.39 is 5.82 Å². The van der Waals surface area contributed by atoms with Crippen LogP contribution in [0.1, 0.15) is 0 Å². The van der Waals surface area contributed by atoms with Crippen LogP contribution in [0.2, 0.25) is 0 Å². The maximum absolute atomic E-state index is 13.4. The molecule has 0 aliphatic carbocycles. The van der Waals surface area contributed by atoms with E-state index in [9.17, 15) is 4.39 Å². The molecule has 0 saturated heterocycles. The van der Waals surface area contributed by atoms with E-state index in [1.165, 1.54) is 6.07 Å². The van der Waals surface area contributed by atoms with Crippen molar-refractivity contribution in [2.24, 2.45) is 0 Å². The van der Waals surface area contributed by atoms with Gasteiger partial charge in [-0.2, -0.15) is 0 Å². The first-order valence-corrected chi connectivity index (χ1v) is 6.93. The Morgan fingerprint density at radius 3 is 2.55 bits per heavy atom. The number of para-hydroxylation sites is 1. The zero-order valence-electron chi connectivity index (χ0n) is 10.5. The molecule has 0 saturated carbocycles. The Balaban J connectivity index is 1.99. The molecule has 3 aromatic carbocycles. The molecule has 20 heavy (non-hydrogen) atoms. The lowest BCUT2D eigenvalue weighted by Gasteiger charge is -2.10. The van der Waals surface area contributed by atoms with E-state index in [1.807, 2.05) is 30.3 Å². The van der Waals surface area contributed by atoms with Gasteiger partial charge in [0.1, 0.15) is 5.82 Å². The third-order valence-corrected chi connectivity index (χ3v) is 3.63. The molecule has 0 amide bonds. The third-order valence-electron chi connectivity index (χ3n) is 3.13. The molecule has 0 radical (unpaired) electrons. The van der Waals surface area contributed by atoms with Crippen molar-refractivity contribution >= 4 is 43.8 Å². The van der Waals surface area contributed by atoms with Crippen molar-refractivity contribution in [3.8, 4) is 0 Å². The highest BCUT2D eigenvalue weighted by Crippen LogP contribution is 2.28. The smallest absolute Gasteiger partial charge is 0.148 e. The van der Waals surface area contributed by atoms with Gasteiger partial charge in [0, 0.05) is 10.2 Å². The summed E-state index contributed by atoms with van der Waals surface area (Å²) in [7, 11) is 0. The number of hydrogen-bond donors (Lipinski definition) is 2. The summed E-state index contributed by atoms with van der Waals surface area (Å²) >= 11 is 3.45. The molecule has 0 atom stereocenters. The maximum Gasteiger partial charge on any atom is 0.148 e. The van der Waals surface area contributed by atoms with Gasteiger partial charge in [-0.1, -0.05) is 34.1 Å². The predicted octanol–water partition coefficient (Wildman–Crippen LogP) is 5.07. The van der Waals surface area contributed by atoms with Crippen LogP contribution in [0.25, 0.3) is 10.8 Å². The van der Waals surface area contributed by atoms with Gasteiger partial charge in [0.15, 0.2) is 0 Å². The molecule has 0 spiro atoms. The van der Waals surface area contributed by atoms with E-state index in [0.29, 0.717) is 5.69 Å². The van der Waals surface area contributed by atoms with E-state index in [2.05, 4.69) is 27.3 Å². The lowest BCUT2D eigenvalue weighted by Crippen LogP contribution is -1.98. The fourth-order valence-electron chi connectivity index (χ4n) is 2.10. The van der Waals surface area contributed by atoms with Crippen LogP contribution >= 0.6 is 15.9 Å². The standard InChI is InChI=1S/C16H12BrFN2/c17-12-6-4-11-9-13(7-5-10(11)8-12)20-15-3-1-2-14(18)16(15)19/h1-9,20H,19H2. The monoisotopic (exact) mass is 330 g/mol. The summed E-state index contributed by atoms with van der Waals surface area (Å²) < 4.78 is 14.5. The summed E-state index contributed by atoms with van der Waals surface area (Å²) in [5, 5.41) is 5.38. The summed E-state index contributed by atoms with van der Waals surface area (Å²) in [4.78, 5) is 0. The molecule has 0 bridgehead atoms. The minimum Gasteiger partial charge on any atom is -0.395 e. The molecular weight excluding hydrogens is 319 g/mol. The van der Waals surface area contributed by atoms with E-state index in [-0.39, 0.29) is 5.69 Å². The molecule has 0 unspecified atom stereocenters. The van der Waals surface area contributed by atoms with Gasteiger partial charge < -0.3 is 11.1 Å². The van der Waals surface area contributed by atoms with E-state index in [4.69, 9.17) is 5.73 Å². The average molecular weight is 331 g/mol. The molecule has 0 aliphatic heterocycles. The molecule has 0 fully saturated rings. The lowest BCUT2D eigenvalue weighted by molar-refractivity contribution is 0.633. The second-order valence-corrected chi connectivity index (χ2v) is 5.45. The SMILES string of the molecule is Nc1c(F)cccc1Nc1ccc2cc(Br)ccc2c1. The molecule has 3 aromatic rings. The predicted molar refractivity (Wildman–Crippen MR) is 85.7 cm³/mol. The highest BCUT2D eigenvalue weighted by molar-refractivity contribution is 9.10. The van der Waals surface area contributed by atoms with E-state index in [0.717, 1.165) is 20.9 Å². The van der Waals surface area contributed by atoms with Crippen LogP contribution in [0.15, 0.2) is 59.1 Å². The zero-order valence-corrected chi connectivity index (χ0v) is 12.1. The van der Waals surface area contributed by atoms with Crippen molar-refractivity contribution in [3.05, 3.63) is 64.9 Å². The van der Waals surface area contributed by atoms with Crippen molar-refractivity contribution in [1.82, 2.24) is 0 Å². The quantitative estimate of drug-likeness (QED) is 0.644. The van der Waals surface area contributed by atoms with Crippen LogP contribution in [0.5, 0.6) is 0 Å². The van der Waals surface area contributed by atoms with Crippen LogP contribution in [0.4, 0.5) is 21.5 Å². The summed E-state index contributed by atoms with van der Waals surface area (Å²) in [5.74, 6) is -0.417. The van der Waals surface area contributed by atoms with Crippen molar-refractivity contribution in [2.75, 3.05) is 11.1 Å². The molecule has 2 nitrogen and oxygen atoms in total. The molecule has 0 heterocycles. The van der Waals surface area contributed by atoms with Crippen LogP contribution in [0, 0.1) is 5.82 Å². The van der Waals surface area contributed by atoms with Crippen LogP contribution < -0.4 is 11.1 Å². The second-order valence-electron chi connectivity index (χ2n) is 4.53. The second kappa shape index (κ2) is 5.13. The van der Waals surface area contributed by atoms with Gasteiger partial charge in [-0.3, -0.25) is 0 Å². The van der Waals surface area contributed by atoms with Crippen molar-refractivity contribution < 1.29 is 4.39 Å². The Morgan fingerprint density at radius 1 is 0.950 bits per heavy atom. The maximum atomic E-state index is 13.4. The third kappa shape index (κ3) is 2.47. The first-order valence-electron chi connectivity index (χ1n) is 6.14. The van der Waals surface area contributed by atoms with Gasteiger partial charge in [0.05, 0.1) is 11.4 Å². The highest BCUT2D eigenvalue weighted by atomic mass is 79.9. The summed E-state index contributed by atoms with van der Waals surface area (Å²) in [6, 6.07) is 16.8. The number of hydrogen-bond acceptors (Lipinski definition) is 2. The number of fused-ring (bicyclic) bond motifs is 1. The van der Waals surface area contributed by atoms with Gasteiger partial charge in [-0.25, -0.2) is 4.39 Å². The number of rotatable bonds is 2. The first-order chi connectivity index (χ1) is 9.63. The first kappa shape index (κ1) is 12.9. The zero-order chi connectivity index (χ0) is 14.1. The summed E-state index contributed by atoms with van der Waals surface area (Å²) in [6.07, 6.45) is 0. The summed E-state index contributed by atoms with van der Waals surface area (Å²) in [5.41, 5.74) is 7.29. The molecule has 3 rings (SSSR count). The Hall–Kier alpha value is -2.07. The number of nitrogen functional groups attached to an aromatic ring is 1. The van der Waals surface area contributed by atoms with Gasteiger partial charge in [-0.05, 0) is 47.2 Å². The largest absolute Gasteiger partial charge is 0.395 e. The Morgan fingerprint density at radius 2 is 1.70 bits per heavy atom. The highest BCUT2D eigenvalue weighted by Gasteiger charge is 2.05. The minimum absolute atomic E-state index is 0.128. The Kier molecular flexibility index (Phi) is 3.32. The Labute approximate surface area is 124 Å². The number of nitrogens with two attached hydrogens (primary N) is 1. The van der Waals surface area contributed by atoms with Gasteiger partial charge in [0.2, 0.25) is 0 Å².